The zero-order valence-corrected chi connectivity index (χ0v) is 18.1. The number of amides is 2. The van der Waals surface area contributed by atoms with Crippen molar-refractivity contribution in [3.8, 4) is 11.5 Å². The molecule has 31 heavy (non-hydrogen) atoms. The number of ether oxygens (including phenoxy) is 2. The smallest absolute Gasteiger partial charge is 0.253 e. The average Bonchev–Trinajstić information content (AvgIpc) is 3.50. The van der Waals surface area contributed by atoms with Crippen molar-refractivity contribution in [2.75, 3.05) is 33.4 Å². The maximum atomic E-state index is 12.8. The highest BCUT2D eigenvalue weighted by Gasteiger charge is 2.29. The fourth-order valence-corrected chi connectivity index (χ4v) is 4.35. The summed E-state index contributed by atoms with van der Waals surface area (Å²) in [6, 6.07) is 15.1. The zero-order valence-electron chi connectivity index (χ0n) is 18.1. The second kappa shape index (κ2) is 9.86. The third kappa shape index (κ3) is 5.19. The quantitative estimate of drug-likeness (QED) is 0.685. The normalized spacial score (nSPS) is 18.3. The van der Waals surface area contributed by atoms with E-state index in [0.717, 1.165) is 62.4 Å². The average molecular weight is 423 g/mol. The molecule has 6 heteroatoms. The van der Waals surface area contributed by atoms with Crippen LogP contribution in [0, 0.1) is 0 Å². The molecule has 1 atom stereocenters. The van der Waals surface area contributed by atoms with E-state index in [9.17, 15) is 9.59 Å². The molecule has 0 spiro atoms. The summed E-state index contributed by atoms with van der Waals surface area (Å²) in [5.41, 5.74) is 1.68. The summed E-state index contributed by atoms with van der Waals surface area (Å²) in [5, 5.41) is 0. The van der Waals surface area contributed by atoms with E-state index in [1.807, 2.05) is 58.3 Å². The van der Waals surface area contributed by atoms with Gasteiger partial charge in [0.25, 0.3) is 5.91 Å². The Morgan fingerprint density at radius 3 is 2.26 bits per heavy atom. The van der Waals surface area contributed by atoms with Gasteiger partial charge in [-0.3, -0.25) is 9.59 Å². The summed E-state index contributed by atoms with van der Waals surface area (Å²) >= 11 is 0. The molecule has 2 fully saturated rings. The van der Waals surface area contributed by atoms with Crippen molar-refractivity contribution in [3.05, 3.63) is 59.7 Å². The lowest BCUT2D eigenvalue weighted by Crippen LogP contribution is -2.39. The molecule has 0 N–H and O–H groups in total. The summed E-state index contributed by atoms with van der Waals surface area (Å²) < 4.78 is 11.2. The van der Waals surface area contributed by atoms with E-state index >= 15 is 0 Å². The van der Waals surface area contributed by atoms with Crippen LogP contribution in [-0.2, 0) is 11.2 Å². The van der Waals surface area contributed by atoms with Gasteiger partial charge in [0.2, 0.25) is 5.91 Å². The van der Waals surface area contributed by atoms with E-state index in [1.54, 1.807) is 7.11 Å². The molecule has 0 aromatic heterocycles. The van der Waals surface area contributed by atoms with Gasteiger partial charge in [-0.15, -0.1) is 0 Å². The van der Waals surface area contributed by atoms with E-state index in [-0.39, 0.29) is 17.9 Å². The molecule has 4 rings (SSSR count). The predicted molar refractivity (Wildman–Crippen MR) is 119 cm³/mol. The van der Waals surface area contributed by atoms with E-state index < -0.39 is 0 Å². The molecule has 0 unspecified atom stereocenters. The molecule has 2 aliphatic heterocycles. The van der Waals surface area contributed by atoms with Crippen molar-refractivity contribution in [1.82, 2.24) is 9.80 Å². The molecule has 2 saturated heterocycles. The highest BCUT2D eigenvalue weighted by molar-refractivity contribution is 5.94. The monoisotopic (exact) mass is 422 g/mol. The molecule has 2 aliphatic rings. The van der Waals surface area contributed by atoms with Crippen LogP contribution in [0.1, 0.15) is 41.6 Å². The summed E-state index contributed by atoms with van der Waals surface area (Å²) in [7, 11) is 1.63. The molecule has 6 nitrogen and oxygen atoms in total. The second-order valence-corrected chi connectivity index (χ2v) is 8.24. The molecule has 2 amide bonds. The van der Waals surface area contributed by atoms with Crippen molar-refractivity contribution in [1.29, 1.82) is 0 Å². The Bertz CT molecular complexity index is 889. The van der Waals surface area contributed by atoms with Gasteiger partial charge in [-0.25, -0.2) is 0 Å². The van der Waals surface area contributed by atoms with Gasteiger partial charge >= 0.3 is 0 Å². The SMILES string of the molecule is COc1ccc(CC(=O)N2CCC[C@@H]2COc2ccc(C(=O)N3CCCC3)cc2)cc1. The summed E-state index contributed by atoms with van der Waals surface area (Å²) in [6.45, 7) is 2.93. The second-order valence-electron chi connectivity index (χ2n) is 8.24. The standard InChI is InChI=1S/C25H30N2O4/c1-30-22-10-6-19(7-11-22)17-24(28)27-16-4-5-21(27)18-31-23-12-8-20(9-13-23)25(29)26-14-2-3-15-26/h6-13,21H,2-5,14-18H2,1H3/t21-/m1/s1. The number of hydrogen-bond donors (Lipinski definition) is 0. The van der Waals surface area contributed by atoms with Gasteiger partial charge < -0.3 is 19.3 Å². The minimum atomic E-state index is 0.0802. The fourth-order valence-electron chi connectivity index (χ4n) is 4.35. The van der Waals surface area contributed by atoms with E-state index in [0.29, 0.717) is 18.6 Å². The Morgan fingerprint density at radius 1 is 0.903 bits per heavy atom. The van der Waals surface area contributed by atoms with Crippen molar-refractivity contribution in [3.63, 3.8) is 0 Å². The van der Waals surface area contributed by atoms with Crippen LogP contribution in [0.2, 0.25) is 0 Å². The van der Waals surface area contributed by atoms with Gasteiger partial charge in [-0.2, -0.15) is 0 Å². The van der Waals surface area contributed by atoms with E-state index in [2.05, 4.69) is 0 Å². The first kappa shape index (κ1) is 21.2. The molecule has 0 saturated carbocycles. The number of carbonyl (C=O) groups excluding carboxylic acids is 2. The molecular formula is C25H30N2O4. The van der Waals surface area contributed by atoms with Crippen LogP contribution < -0.4 is 9.47 Å². The minimum Gasteiger partial charge on any atom is -0.497 e. The van der Waals surface area contributed by atoms with Gasteiger partial charge in [0.15, 0.2) is 0 Å². The lowest BCUT2D eigenvalue weighted by Gasteiger charge is -2.25. The molecule has 2 aromatic carbocycles. The fraction of sp³-hybridized carbons (Fsp3) is 0.440. The predicted octanol–water partition coefficient (Wildman–Crippen LogP) is 3.54. The van der Waals surface area contributed by atoms with Crippen LogP contribution in [0.3, 0.4) is 0 Å². The Kier molecular flexibility index (Phi) is 6.75. The van der Waals surface area contributed by atoms with E-state index in [1.165, 1.54) is 0 Å². The van der Waals surface area contributed by atoms with Crippen LogP contribution in [0.15, 0.2) is 48.5 Å². The van der Waals surface area contributed by atoms with Crippen molar-refractivity contribution in [2.45, 2.75) is 38.1 Å². The van der Waals surface area contributed by atoms with Gasteiger partial charge in [0.1, 0.15) is 18.1 Å². The Labute approximate surface area is 183 Å². The van der Waals surface area contributed by atoms with E-state index in [4.69, 9.17) is 9.47 Å². The lowest BCUT2D eigenvalue weighted by atomic mass is 10.1. The van der Waals surface area contributed by atoms with Crippen molar-refractivity contribution in [2.24, 2.45) is 0 Å². The third-order valence-electron chi connectivity index (χ3n) is 6.15. The largest absolute Gasteiger partial charge is 0.497 e. The first-order valence-electron chi connectivity index (χ1n) is 11.1. The van der Waals surface area contributed by atoms with Crippen molar-refractivity contribution < 1.29 is 19.1 Å². The molecular weight excluding hydrogens is 392 g/mol. The zero-order chi connectivity index (χ0) is 21.6. The molecule has 2 aromatic rings. The molecule has 0 radical (unpaired) electrons. The molecule has 164 valence electrons. The number of likely N-dealkylation sites (tertiary alicyclic amines) is 2. The number of nitrogens with zero attached hydrogens (tertiary/aromatic N) is 2. The molecule has 0 aliphatic carbocycles. The van der Waals surface area contributed by atoms with Crippen LogP contribution >= 0.6 is 0 Å². The van der Waals surface area contributed by atoms with Gasteiger partial charge in [-0.1, -0.05) is 12.1 Å². The van der Waals surface area contributed by atoms with Crippen molar-refractivity contribution >= 4 is 11.8 Å². The lowest BCUT2D eigenvalue weighted by molar-refractivity contribution is -0.131. The molecule has 2 heterocycles. The number of benzene rings is 2. The Hall–Kier alpha value is -3.02. The maximum Gasteiger partial charge on any atom is 0.253 e. The summed E-state index contributed by atoms with van der Waals surface area (Å²) in [6.07, 6.45) is 4.49. The number of carbonyl (C=O) groups is 2. The highest BCUT2D eigenvalue weighted by Crippen LogP contribution is 2.22. The Balaban J connectivity index is 1.30. The molecule has 0 bridgehead atoms. The van der Waals surface area contributed by atoms with Gasteiger partial charge in [-0.05, 0) is 67.6 Å². The van der Waals surface area contributed by atoms with Crippen LogP contribution in [0.5, 0.6) is 11.5 Å². The number of methoxy groups -OCH3 is 1. The van der Waals surface area contributed by atoms with Crippen LogP contribution in [0.4, 0.5) is 0 Å². The van der Waals surface area contributed by atoms with Gasteiger partial charge in [0.05, 0.1) is 19.6 Å². The number of hydrogen-bond acceptors (Lipinski definition) is 4. The highest BCUT2D eigenvalue weighted by atomic mass is 16.5. The maximum absolute atomic E-state index is 12.8. The topological polar surface area (TPSA) is 59.1 Å². The van der Waals surface area contributed by atoms with Gasteiger partial charge in [0, 0.05) is 25.2 Å². The minimum absolute atomic E-state index is 0.0802. The third-order valence-corrected chi connectivity index (χ3v) is 6.15. The Morgan fingerprint density at radius 2 is 1.58 bits per heavy atom. The first-order valence-corrected chi connectivity index (χ1v) is 11.1. The summed E-state index contributed by atoms with van der Waals surface area (Å²) in [5.74, 6) is 1.74. The van der Waals surface area contributed by atoms with Crippen LogP contribution in [0.25, 0.3) is 0 Å². The van der Waals surface area contributed by atoms with Crippen LogP contribution in [-0.4, -0.2) is 61.0 Å². The first-order chi connectivity index (χ1) is 15.1. The number of rotatable bonds is 7. The summed E-state index contributed by atoms with van der Waals surface area (Å²) in [4.78, 5) is 29.1.